The molecule has 2 unspecified atom stereocenters. The van der Waals surface area contributed by atoms with Crippen LogP contribution in [0.25, 0.3) is 0 Å². The number of nitrogens with zero attached hydrogens (tertiary/aromatic N) is 1. The van der Waals surface area contributed by atoms with Crippen molar-refractivity contribution in [3.63, 3.8) is 0 Å². The summed E-state index contributed by atoms with van der Waals surface area (Å²) in [5.74, 6) is 0. The van der Waals surface area contributed by atoms with Gasteiger partial charge < -0.3 is 15.4 Å². The van der Waals surface area contributed by atoms with Crippen molar-refractivity contribution >= 4 is 34.0 Å². The van der Waals surface area contributed by atoms with Crippen molar-refractivity contribution in [1.29, 1.82) is 0 Å². The third-order valence-electron chi connectivity index (χ3n) is 3.20. The fourth-order valence-electron chi connectivity index (χ4n) is 2.25. The van der Waals surface area contributed by atoms with Gasteiger partial charge in [0.1, 0.15) is 0 Å². The molecule has 0 aliphatic carbocycles. The first-order valence-corrected chi connectivity index (χ1v) is 6.57. The molecule has 1 saturated heterocycles. The number of rotatable bonds is 2. The molecule has 0 amide bonds. The summed E-state index contributed by atoms with van der Waals surface area (Å²) in [4.78, 5) is 2.24. The van der Waals surface area contributed by atoms with Crippen molar-refractivity contribution in [2.75, 3.05) is 24.3 Å². The van der Waals surface area contributed by atoms with Gasteiger partial charge in [0.25, 0.3) is 0 Å². The summed E-state index contributed by atoms with van der Waals surface area (Å²) in [7, 11) is 2.09. The lowest BCUT2D eigenvalue weighted by molar-refractivity contribution is 0.118. The van der Waals surface area contributed by atoms with Crippen LogP contribution in [-0.2, 0) is 4.74 Å². The predicted octanol–water partition coefficient (Wildman–Crippen LogP) is 2.49. The monoisotopic (exact) mass is 332 g/mol. The number of likely N-dealkylation sites (N-methyl/N-ethyl adjacent to an activating group) is 1. The van der Waals surface area contributed by atoms with E-state index in [1.54, 1.807) is 0 Å². The Hall–Kier alpha value is -0.490. The van der Waals surface area contributed by atoms with Crippen LogP contribution in [0, 0.1) is 3.57 Å². The van der Waals surface area contributed by atoms with Crippen molar-refractivity contribution in [1.82, 2.24) is 0 Å². The maximum Gasteiger partial charge on any atom is 0.0750 e. The second kappa shape index (κ2) is 4.79. The Balaban J connectivity index is 2.23. The average molecular weight is 332 g/mol. The Morgan fingerprint density at radius 2 is 2.25 bits per heavy atom. The number of benzene rings is 1. The zero-order chi connectivity index (χ0) is 11.7. The molecular weight excluding hydrogens is 315 g/mol. The smallest absolute Gasteiger partial charge is 0.0750 e. The van der Waals surface area contributed by atoms with Crippen LogP contribution in [0.15, 0.2) is 18.2 Å². The molecule has 0 bridgehead atoms. The summed E-state index contributed by atoms with van der Waals surface area (Å²) in [5.41, 5.74) is 7.99. The molecule has 0 radical (unpaired) electrons. The number of halogens is 1. The van der Waals surface area contributed by atoms with Crippen LogP contribution in [0.4, 0.5) is 11.4 Å². The molecule has 1 aromatic rings. The van der Waals surface area contributed by atoms with Gasteiger partial charge in [-0.3, -0.25) is 0 Å². The fraction of sp³-hybridized carbons (Fsp3) is 0.500. The van der Waals surface area contributed by atoms with Gasteiger partial charge in [0.15, 0.2) is 0 Å². The summed E-state index contributed by atoms with van der Waals surface area (Å²) >= 11 is 2.27. The third kappa shape index (κ3) is 2.27. The first kappa shape index (κ1) is 12.0. The molecule has 0 aromatic heterocycles. The van der Waals surface area contributed by atoms with Crippen molar-refractivity contribution in [3.05, 3.63) is 21.8 Å². The summed E-state index contributed by atoms with van der Waals surface area (Å²) < 4.78 is 6.76. The van der Waals surface area contributed by atoms with Crippen molar-refractivity contribution in [2.45, 2.75) is 25.5 Å². The molecule has 16 heavy (non-hydrogen) atoms. The summed E-state index contributed by atoms with van der Waals surface area (Å²) in [6.45, 7) is 2.97. The standard InChI is InChI=1S/C12H17IN2O/c1-8-11(5-6-16-8)15(2)12-4-3-9(13)7-10(12)14/h3-4,7-8,11H,5-6,14H2,1-2H3. The molecule has 1 aliphatic rings. The number of hydrogen-bond donors (Lipinski definition) is 1. The van der Waals surface area contributed by atoms with Crippen molar-refractivity contribution in [2.24, 2.45) is 0 Å². The molecule has 1 heterocycles. The number of nitrogens with two attached hydrogens (primary N) is 1. The molecule has 3 nitrogen and oxygen atoms in total. The van der Waals surface area contributed by atoms with Crippen LogP contribution < -0.4 is 10.6 Å². The number of anilines is 2. The minimum atomic E-state index is 0.281. The zero-order valence-electron chi connectivity index (χ0n) is 9.61. The lowest BCUT2D eigenvalue weighted by Crippen LogP contribution is -2.37. The molecule has 4 heteroatoms. The van der Waals surface area contributed by atoms with E-state index in [0.717, 1.165) is 24.4 Å². The quantitative estimate of drug-likeness (QED) is 0.668. The number of ether oxygens (including phenoxy) is 1. The largest absolute Gasteiger partial charge is 0.397 e. The van der Waals surface area contributed by atoms with E-state index < -0.39 is 0 Å². The van der Waals surface area contributed by atoms with Crippen LogP contribution in [-0.4, -0.2) is 25.8 Å². The lowest BCUT2D eigenvalue weighted by atomic mass is 10.1. The van der Waals surface area contributed by atoms with Gasteiger partial charge in [0, 0.05) is 17.2 Å². The normalized spacial score (nSPS) is 24.7. The molecule has 88 valence electrons. The molecule has 0 spiro atoms. The van der Waals surface area contributed by atoms with E-state index in [0.29, 0.717) is 6.04 Å². The van der Waals surface area contributed by atoms with Gasteiger partial charge in [0.05, 0.1) is 23.5 Å². The topological polar surface area (TPSA) is 38.5 Å². The van der Waals surface area contributed by atoms with E-state index in [4.69, 9.17) is 10.5 Å². The Kier molecular flexibility index (Phi) is 3.59. The summed E-state index contributed by atoms with van der Waals surface area (Å²) in [6, 6.07) is 6.61. The van der Waals surface area contributed by atoms with Crippen molar-refractivity contribution in [3.8, 4) is 0 Å². The van der Waals surface area contributed by atoms with Gasteiger partial charge in [-0.05, 0) is 54.1 Å². The van der Waals surface area contributed by atoms with Crippen molar-refractivity contribution < 1.29 is 4.74 Å². The van der Waals surface area contributed by atoms with Gasteiger partial charge in [-0.2, -0.15) is 0 Å². The average Bonchev–Trinajstić information content (AvgIpc) is 2.63. The van der Waals surface area contributed by atoms with E-state index in [9.17, 15) is 0 Å². The maximum atomic E-state index is 6.05. The summed E-state index contributed by atoms with van der Waals surface area (Å²) in [5, 5.41) is 0. The van der Waals surface area contributed by atoms with Crippen LogP contribution in [0.3, 0.4) is 0 Å². The Morgan fingerprint density at radius 1 is 1.50 bits per heavy atom. The van der Waals surface area contributed by atoms with E-state index in [2.05, 4.69) is 53.6 Å². The van der Waals surface area contributed by atoms with Crippen LogP contribution in [0.1, 0.15) is 13.3 Å². The maximum absolute atomic E-state index is 6.05. The Bertz CT molecular complexity index is 383. The second-order valence-corrected chi connectivity index (χ2v) is 5.49. The Morgan fingerprint density at radius 3 is 2.81 bits per heavy atom. The minimum Gasteiger partial charge on any atom is -0.397 e. The lowest BCUT2D eigenvalue weighted by Gasteiger charge is -2.29. The highest BCUT2D eigenvalue weighted by Crippen LogP contribution is 2.29. The van der Waals surface area contributed by atoms with Crippen LogP contribution in [0.5, 0.6) is 0 Å². The van der Waals surface area contributed by atoms with Crippen LogP contribution in [0.2, 0.25) is 0 Å². The van der Waals surface area contributed by atoms with E-state index in [1.165, 1.54) is 3.57 Å². The molecule has 1 aliphatic heterocycles. The molecule has 2 N–H and O–H groups in total. The molecule has 0 saturated carbocycles. The third-order valence-corrected chi connectivity index (χ3v) is 3.87. The Labute approximate surface area is 110 Å². The van der Waals surface area contributed by atoms with Gasteiger partial charge in [-0.25, -0.2) is 0 Å². The SMILES string of the molecule is CC1OCCC1N(C)c1ccc(I)cc1N. The second-order valence-electron chi connectivity index (χ2n) is 4.25. The van der Waals surface area contributed by atoms with Crippen LogP contribution >= 0.6 is 22.6 Å². The predicted molar refractivity (Wildman–Crippen MR) is 75.8 cm³/mol. The summed E-state index contributed by atoms with van der Waals surface area (Å²) in [6.07, 6.45) is 1.35. The van der Waals surface area contributed by atoms with E-state index in [-0.39, 0.29) is 6.10 Å². The molecule has 2 rings (SSSR count). The molecule has 2 atom stereocenters. The molecule has 1 aromatic carbocycles. The van der Waals surface area contributed by atoms with E-state index >= 15 is 0 Å². The molecular formula is C12H17IN2O. The first-order chi connectivity index (χ1) is 7.59. The van der Waals surface area contributed by atoms with Gasteiger partial charge in [0.2, 0.25) is 0 Å². The van der Waals surface area contributed by atoms with E-state index in [1.807, 2.05) is 6.07 Å². The number of hydrogen-bond acceptors (Lipinski definition) is 3. The highest BCUT2D eigenvalue weighted by Gasteiger charge is 2.28. The number of nitrogen functional groups attached to an aromatic ring is 1. The minimum absolute atomic E-state index is 0.281. The highest BCUT2D eigenvalue weighted by molar-refractivity contribution is 14.1. The van der Waals surface area contributed by atoms with Gasteiger partial charge in [-0.15, -0.1) is 0 Å². The van der Waals surface area contributed by atoms with Gasteiger partial charge in [-0.1, -0.05) is 0 Å². The molecule has 1 fully saturated rings. The fourth-order valence-corrected chi connectivity index (χ4v) is 2.77. The zero-order valence-corrected chi connectivity index (χ0v) is 11.8. The first-order valence-electron chi connectivity index (χ1n) is 5.49. The van der Waals surface area contributed by atoms with Gasteiger partial charge >= 0.3 is 0 Å². The highest BCUT2D eigenvalue weighted by atomic mass is 127.